The first-order chi connectivity index (χ1) is 15.8. The van der Waals surface area contributed by atoms with Crippen molar-refractivity contribution in [2.75, 3.05) is 0 Å². The smallest absolute Gasteiger partial charge is 0.229 e. The minimum absolute atomic E-state index is 0.147. The Bertz CT molecular complexity index is 1190. The van der Waals surface area contributed by atoms with Gasteiger partial charge in [0.05, 0.1) is 17.9 Å². The lowest BCUT2D eigenvalue weighted by atomic mass is 9.85. The van der Waals surface area contributed by atoms with Crippen molar-refractivity contribution in [2.24, 2.45) is 17.3 Å². The van der Waals surface area contributed by atoms with Crippen LogP contribution in [0.2, 0.25) is 0 Å². The van der Waals surface area contributed by atoms with Crippen LogP contribution in [0.25, 0.3) is 0 Å². The Labute approximate surface area is 191 Å². The van der Waals surface area contributed by atoms with Crippen molar-refractivity contribution in [3.63, 3.8) is 0 Å². The second-order valence-corrected chi connectivity index (χ2v) is 9.46. The number of Topliss-reactive ketones (excluding diaryl/α,β-unsaturated/α-hetero) is 1. The maximum atomic E-state index is 13.5. The van der Waals surface area contributed by atoms with E-state index >= 15 is 0 Å². The number of carbonyl (C=O) groups is 4. The van der Waals surface area contributed by atoms with Gasteiger partial charge in [-0.05, 0) is 42.4 Å². The predicted octanol–water partition coefficient (Wildman–Crippen LogP) is 2.14. The summed E-state index contributed by atoms with van der Waals surface area (Å²) in [6.07, 6.45) is 0.328. The third-order valence-electron chi connectivity index (χ3n) is 7.37. The summed E-state index contributed by atoms with van der Waals surface area (Å²) in [5.41, 5.74) is 2.67. The number of fused-ring (bicyclic) bond motifs is 1. The van der Waals surface area contributed by atoms with E-state index in [0.717, 1.165) is 11.1 Å². The van der Waals surface area contributed by atoms with Gasteiger partial charge in [0.15, 0.2) is 5.78 Å². The number of hydrogen-bond acceptors (Lipinski definition) is 5. The number of rotatable bonds is 5. The molecular weight excluding hydrogens is 420 g/mol. The van der Waals surface area contributed by atoms with Gasteiger partial charge in [-0.15, -0.1) is 0 Å². The van der Waals surface area contributed by atoms with E-state index in [4.69, 9.17) is 0 Å². The first-order valence-corrected chi connectivity index (χ1v) is 11.3. The van der Waals surface area contributed by atoms with Gasteiger partial charge >= 0.3 is 0 Å². The molecule has 2 aliphatic carbocycles. The fourth-order valence-electron chi connectivity index (χ4n) is 5.65. The molecule has 5 rings (SSSR count). The van der Waals surface area contributed by atoms with Crippen molar-refractivity contribution in [1.29, 1.82) is 0 Å². The molecule has 3 aliphatic rings. The average Bonchev–Trinajstić information content (AvgIpc) is 3.48. The highest BCUT2D eigenvalue weighted by Crippen LogP contribution is 2.69. The highest BCUT2D eigenvalue weighted by atomic mass is 16.3. The van der Waals surface area contributed by atoms with Crippen LogP contribution < -0.4 is 10.6 Å². The van der Waals surface area contributed by atoms with Crippen LogP contribution in [0, 0.1) is 24.2 Å². The third-order valence-corrected chi connectivity index (χ3v) is 7.37. The monoisotopic (exact) mass is 446 g/mol. The molecule has 0 bridgehead atoms. The van der Waals surface area contributed by atoms with Crippen molar-refractivity contribution in [3.8, 4) is 0 Å². The van der Waals surface area contributed by atoms with Gasteiger partial charge in [0.1, 0.15) is 0 Å². The summed E-state index contributed by atoms with van der Waals surface area (Å²) < 4.78 is 0. The Morgan fingerprint density at radius 2 is 1.97 bits per heavy atom. The van der Waals surface area contributed by atoms with Crippen molar-refractivity contribution >= 4 is 23.5 Å². The van der Waals surface area contributed by atoms with Gasteiger partial charge < -0.3 is 10.4 Å². The number of amides is 3. The van der Waals surface area contributed by atoms with Crippen LogP contribution in [0.1, 0.15) is 58.0 Å². The topological polar surface area (TPSA) is 113 Å². The maximum Gasteiger partial charge on any atom is 0.229 e. The molecular formula is C26H26N2O5. The van der Waals surface area contributed by atoms with Crippen LogP contribution in [0.3, 0.4) is 0 Å². The Morgan fingerprint density at radius 3 is 2.73 bits per heavy atom. The fourth-order valence-corrected chi connectivity index (χ4v) is 5.65. The summed E-state index contributed by atoms with van der Waals surface area (Å²) in [4.78, 5) is 49.9. The van der Waals surface area contributed by atoms with E-state index in [9.17, 15) is 24.3 Å². The largest absolute Gasteiger partial charge is 0.387 e. The van der Waals surface area contributed by atoms with Crippen molar-refractivity contribution in [1.82, 2.24) is 10.6 Å². The summed E-state index contributed by atoms with van der Waals surface area (Å²) >= 11 is 0. The lowest BCUT2D eigenvalue weighted by molar-refractivity contribution is -0.137. The number of imide groups is 1. The first kappa shape index (κ1) is 21.5. The number of ketones is 1. The quantitative estimate of drug-likeness (QED) is 0.609. The van der Waals surface area contributed by atoms with Crippen LogP contribution in [-0.4, -0.2) is 28.6 Å². The number of benzene rings is 2. The number of aliphatic hydroxyl groups is 1. The van der Waals surface area contributed by atoms with Gasteiger partial charge in [0.2, 0.25) is 17.7 Å². The third kappa shape index (κ3) is 3.56. The average molecular weight is 447 g/mol. The SMILES string of the molecule is Cc1cccc(CC(=O)NCc2cccc3c2C(=O)C2(C[C@@H]2C2CCC(=O)NC2=O)C3O)c1. The van der Waals surface area contributed by atoms with Crippen LogP contribution in [0.4, 0.5) is 0 Å². The molecule has 7 heteroatoms. The Hall–Kier alpha value is -3.32. The summed E-state index contributed by atoms with van der Waals surface area (Å²) in [5.74, 6) is -1.70. The highest BCUT2D eigenvalue weighted by Gasteiger charge is 2.71. The molecule has 2 aromatic rings. The molecule has 7 nitrogen and oxygen atoms in total. The second kappa shape index (κ2) is 7.92. The molecule has 0 radical (unpaired) electrons. The van der Waals surface area contributed by atoms with Gasteiger partial charge in [-0.3, -0.25) is 24.5 Å². The minimum atomic E-state index is -1.01. The molecule has 1 heterocycles. The molecule has 3 unspecified atom stereocenters. The van der Waals surface area contributed by atoms with E-state index in [1.165, 1.54) is 0 Å². The Morgan fingerprint density at radius 1 is 1.18 bits per heavy atom. The molecule has 3 amide bonds. The zero-order valence-corrected chi connectivity index (χ0v) is 18.4. The van der Waals surface area contributed by atoms with E-state index in [0.29, 0.717) is 29.5 Å². The van der Waals surface area contributed by atoms with E-state index in [-0.39, 0.29) is 48.8 Å². The Kier molecular flexibility index (Phi) is 5.16. The Balaban J connectivity index is 1.32. The van der Waals surface area contributed by atoms with Gasteiger partial charge in [-0.2, -0.15) is 0 Å². The number of piperidine rings is 1. The van der Waals surface area contributed by atoms with Gasteiger partial charge in [-0.25, -0.2) is 0 Å². The van der Waals surface area contributed by atoms with Crippen LogP contribution in [0.15, 0.2) is 42.5 Å². The minimum Gasteiger partial charge on any atom is -0.387 e. The highest BCUT2D eigenvalue weighted by molar-refractivity contribution is 6.10. The predicted molar refractivity (Wildman–Crippen MR) is 119 cm³/mol. The number of carbonyl (C=O) groups excluding carboxylic acids is 4. The zero-order valence-electron chi connectivity index (χ0n) is 18.4. The van der Waals surface area contributed by atoms with E-state index in [1.54, 1.807) is 18.2 Å². The normalized spacial score (nSPS) is 27.9. The molecule has 4 atom stereocenters. The van der Waals surface area contributed by atoms with E-state index in [2.05, 4.69) is 10.6 Å². The summed E-state index contributed by atoms with van der Waals surface area (Å²) in [6, 6.07) is 13.1. The van der Waals surface area contributed by atoms with Crippen molar-refractivity contribution in [3.05, 3.63) is 70.3 Å². The van der Waals surface area contributed by atoms with Crippen LogP contribution in [-0.2, 0) is 27.3 Å². The number of nitrogens with one attached hydrogen (secondary N) is 2. The van der Waals surface area contributed by atoms with E-state index in [1.807, 2.05) is 31.2 Å². The molecule has 1 spiro atoms. The molecule has 1 saturated heterocycles. The zero-order chi connectivity index (χ0) is 23.3. The number of aliphatic hydroxyl groups excluding tert-OH is 1. The summed E-state index contributed by atoms with van der Waals surface area (Å²) in [6.45, 7) is 2.16. The summed E-state index contributed by atoms with van der Waals surface area (Å²) in [5, 5.41) is 16.3. The van der Waals surface area contributed by atoms with E-state index < -0.39 is 17.4 Å². The lowest BCUT2D eigenvalue weighted by Gasteiger charge is -2.23. The molecule has 33 heavy (non-hydrogen) atoms. The molecule has 1 saturated carbocycles. The van der Waals surface area contributed by atoms with Crippen LogP contribution >= 0.6 is 0 Å². The molecule has 1 aliphatic heterocycles. The second-order valence-electron chi connectivity index (χ2n) is 9.46. The van der Waals surface area contributed by atoms with Crippen molar-refractivity contribution < 1.29 is 24.3 Å². The van der Waals surface area contributed by atoms with Gasteiger partial charge in [0.25, 0.3) is 0 Å². The summed E-state index contributed by atoms with van der Waals surface area (Å²) in [7, 11) is 0. The fraction of sp³-hybridized carbons (Fsp3) is 0.385. The molecule has 2 aromatic carbocycles. The lowest BCUT2D eigenvalue weighted by Crippen LogP contribution is -2.42. The first-order valence-electron chi connectivity index (χ1n) is 11.3. The molecule has 3 N–H and O–H groups in total. The molecule has 2 fully saturated rings. The molecule has 0 aromatic heterocycles. The van der Waals surface area contributed by atoms with Crippen LogP contribution in [0.5, 0.6) is 0 Å². The van der Waals surface area contributed by atoms with Gasteiger partial charge in [-0.1, -0.05) is 48.0 Å². The maximum absolute atomic E-state index is 13.5. The van der Waals surface area contributed by atoms with Gasteiger partial charge in [0, 0.05) is 24.4 Å². The number of aryl methyl sites for hydroxylation is 1. The van der Waals surface area contributed by atoms with Crippen molar-refractivity contribution in [2.45, 2.75) is 45.3 Å². The molecule has 170 valence electrons. The number of hydrogen-bond donors (Lipinski definition) is 3. The standard InChI is InChI=1S/C26H26N2O5/c1-14-4-2-5-15(10-14)11-21(30)27-13-16-6-3-7-18-22(16)24(32)26(23(18)31)12-19(26)17-8-9-20(29)28-25(17)33/h2-7,10,17,19,23,31H,8-9,11-13H2,1H3,(H,27,30)(H,28,29,33)/t17?,19-,23?,26?/m1/s1.